The third kappa shape index (κ3) is 12.8. The molecule has 6 N–H and O–H groups in total. The molecule has 4 aliphatic rings. The van der Waals surface area contributed by atoms with Gasteiger partial charge < -0.3 is 73.7 Å². The SMILES string of the molecule is CN[C@@H]1[C@@H](O)[C@H](O[C@H]2[C@@H](CC=O)C[C@@H](C)[C@@H](O[C@H]3CC[C@H](NC)[C@@H](C)O3)/C=C/C=C/C[C@@H](C)OC(=O)C[C@@H](O)[C@@H]2OC)O[C@H](C)[C@H]1O[C@H]1C[C@@](C)(O)[C@@H](O)[C@H](C)O1. The normalized spacial score (nSPS) is 46.8. The fraction of sp³-hybridized carbons (Fsp3) is 0.854. The monoisotopic (exact) mass is 814 g/mol. The van der Waals surface area contributed by atoms with Crippen LogP contribution in [0, 0.1) is 11.8 Å². The molecule has 0 radical (unpaired) electrons. The smallest absolute Gasteiger partial charge is 0.308 e. The molecule has 0 aromatic carbocycles. The molecule has 3 saturated heterocycles. The summed E-state index contributed by atoms with van der Waals surface area (Å²) in [6.45, 7) is 10.7. The summed E-state index contributed by atoms with van der Waals surface area (Å²) in [6, 6.07) is -0.567. The minimum absolute atomic E-state index is 0.0112. The first kappa shape index (κ1) is 47.8. The maximum absolute atomic E-state index is 13.0. The molecule has 0 aliphatic carbocycles. The molecule has 3 fully saturated rings. The second-order valence-corrected chi connectivity index (χ2v) is 16.5. The van der Waals surface area contributed by atoms with Gasteiger partial charge in [-0.2, -0.15) is 0 Å². The Hall–Kier alpha value is -1.90. The zero-order valence-corrected chi connectivity index (χ0v) is 35.1. The average Bonchev–Trinajstić information content (AvgIpc) is 3.14. The van der Waals surface area contributed by atoms with Crippen LogP contribution in [-0.2, 0) is 47.5 Å². The Morgan fingerprint density at radius 3 is 2.25 bits per heavy atom. The van der Waals surface area contributed by atoms with E-state index in [1.165, 1.54) is 14.0 Å². The Balaban J connectivity index is 1.64. The van der Waals surface area contributed by atoms with E-state index in [0.717, 1.165) is 12.7 Å². The molecule has 0 amide bonds. The van der Waals surface area contributed by atoms with E-state index in [2.05, 4.69) is 10.6 Å². The van der Waals surface area contributed by atoms with E-state index in [1.807, 2.05) is 45.2 Å². The summed E-state index contributed by atoms with van der Waals surface area (Å²) in [4.78, 5) is 25.4. The van der Waals surface area contributed by atoms with Gasteiger partial charge in [0, 0.05) is 32.4 Å². The molecular weight excluding hydrogens is 744 g/mol. The first-order valence-corrected chi connectivity index (χ1v) is 20.6. The van der Waals surface area contributed by atoms with Crippen molar-refractivity contribution in [1.29, 1.82) is 0 Å². The van der Waals surface area contributed by atoms with Crippen molar-refractivity contribution in [3.63, 3.8) is 0 Å². The van der Waals surface area contributed by atoms with Crippen molar-refractivity contribution in [3.8, 4) is 0 Å². The number of aliphatic hydroxyl groups is 4. The van der Waals surface area contributed by atoms with Gasteiger partial charge in [-0.15, -0.1) is 0 Å². The molecule has 4 rings (SSSR count). The largest absolute Gasteiger partial charge is 0.462 e. The van der Waals surface area contributed by atoms with Gasteiger partial charge in [0.05, 0.1) is 54.7 Å². The predicted octanol–water partition coefficient (Wildman–Crippen LogP) is 1.64. The molecule has 0 aromatic rings. The summed E-state index contributed by atoms with van der Waals surface area (Å²) in [5.41, 5.74) is -1.47. The molecular formula is C41H70N2O14. The zero-order valence-electron chi connectivity index (χ0n) is 35.1. The van der Waals surface area contributed by atoms with Crippen molar-refractivity contribution in [2.75, 3.05) is 21.2 Å². The van der Waals surface area contributed by atoms with Gasteiger partial charge >= 0.3 is 5.97 Å². The fourth-order valence-corrected chi connectivity index (χ4v) is 8.58. The molecule has 0 unspecified atom stereocenters. The van der Waals surface area contributed by atoms with Gasteiger partial charge in [-0.3, -0.25) is 4.79 Å². The second kappa shape index (κ2) is 22.1. The van der Waals surface area contributed by atoms with Crippen LogP contribution in [0.2, 0.25) is 0 Å². The highest BCUT2D eigenvalue weighted by Gasteiger charge is 2.51. The van der Waals surface area contributed by atoms with Gasteiger partial charge in [-0.25, -0.2) is 0 Å². The van der Waals surface area contributed by atoms with Crippen LogP contribution in [0.15, 0.2) is 24.3 Å². The van der Waals surface area contributed by atoms with Gasteiger partial charge in [0.1, 0.15) is 36.8 Å². The number of methoxy groups -OCH3 is 1. The van der Waals surface area contributed by atoms with Crippen LogP contribution in [0.3, 0.4) is 0 Å². The van der Waals surface area contributed by atoms with Crippen LogP contribution >= 0.6 is 0 Å². The van der Waals surface area contributed by atoms with Crippen LogP contribution in [0.1, 0.15) is 86.5 Å². The molecule has 0 spiro atoms. The molecule has 4 heterocycles. The van der Waals surface area contributed by atoms with E-state index < -0.39 is 110 Å². The lowest BCUT2D eigenvalue weighted by Crippen LogP contribution is -2.65. The molecule has 0 saturated carbocycles. The highest BCUT2D eigenvalue weighted by Crippen LogP contribution is 2.36. The lowest BCUT2D eigenvalue weighted by atomic mass is 9.82. The molecule has 0 aromatic heterocycles. The van der Waals surface area contributed by atoms with E-state index in [9.17, 15) is 30.0 Å². The van der Waals surface area contributed by atoms with Gasteiger partial charge in [0.15, 0.2) is 18.9 Å². The van der Waals surface area contributed by atoms with Crippen molar-refractivity contribution in [3.05, 3.63) is 24.3 Å². The highest BCUT2D eigenvalue weighted by atomic mass is 16.7. The van der Waals surface area contributed by atoms with E-state index in [4.69, 9.17) is 37.9 Å². The maximum atomic E-state index is 13.0. The summed E-state index contributed by atoms with van der Waals surface area (Å²) in [5.74, 6) is -1.47. The Morgan fingerprint density at radius 1 is 0.895 bits per heavy atom. The number of hydrogen-bond donors (Lipinski definition) is 6. The van der Waals surface area contributed by atoms with Gasteiger partial charge in [0.25, 0.3) is 0 Å². The number of carbonyl (C=O) groups is 2. The molecule has 57 heavy (non-hydrogen) atoms. The minimum Gasteiger partial charge on any atom is -0.462 e. The average molecular weight is 815 g/mol. The lowest BCUT2D eigenvalue weighted by Gasteiger charge is -2.48. The molecule has 16 nitrogen and oxygen atoms in total. The quantitative estimate of drug-likeness (QED) is 0.129. The van der Waals surface area contributed by atoms with E-state index in [1.54, 1.807) is 27.8 Å². The van der Waals surface area contributed by atoms with E-state index in [-0.39, 0.29) is 30.9 Å². The van der Waals surface area contributed by atoms with Crippen molar-refractivity contribution < 1.29 is 67.9 Å². The number of rotatable bonds is 11. The van der Waals surface area contributed by atoms with Crippen LogP contribution in [-0.4, -0.2) is 158 Å². The van der Waals surface area contributed by atoms with Crippen LogP contribution in [0.25, 0.3) is 0 Å². The third-order valence-electron chi connectivity index (χ3n) is 11.9. The molecule has 0 bridgehead atoms. The number of hydrogen-bond acceptors (Lipinski definition) is 16. The van der Waals surface area contributed by atoms with Gasteiger partial charge in [-0.05, 0) is 79.8 Å². The van der Waals surface area contributed by atoms with E-state index in [0.29, 0.717) is 19.3 Å². The Kier molecular flexibility index (Phi) is 18.5. The number of esters is 1. The summed E-state index contributed by atoms with van der Waals surface area (Å²) in [5, 5.41) is 51.1. The Bertz CT molecular complexity index is 1300. The summed E-state index contributed by atoms with van der Waals surface area (Å²) >= 11 is 0. The Morgan fingerprint density at radius 2 is 1.61 bits per heavy atom. The number of aldehydes is 1. The van der Waals surface area contributed by atoms with Crippen molar-refractivity contribution in [2.45, 2.75) is 190 Å². The highest BCUT2D eigenvalue weighted by molar-refractivity contribution is 5.70. The molecule has 328 valence electrons. The van der Waals surface area contributed by atoms with Crippen molar-refractivity contribution in [2.24, 2.45) is 11.8 Å². The van der Waals surface area contributed by atoms with Crippen molar-refractivity contribution >= 4 is 12.3 Å². The number of cyclic esters (lactones) is 1. The zero-order chi connectivity index (χ0) is 42.0. The topological polar surface area (TPSA) is 213 Å². The number of carbonyl (C=O) groups excluding carboxylic acids is 2. The molecule has 4 aliphatic heterocycles. The number of likely N-dealkylation sites (N-methyl/N-ethyl adjacent to an activating group) is 2. The maximum Gasteiger partial charge on any atom is 0.308 e. The number of ether oxygens (including phenoxy) is 8. The lowest BCUT2D eigenvalue weighted by molar-refractivity contribution is -0.337. The third-order valence-corrected chi connectivity index (χ3v) is 11.9. The van der Waals surface area contributed by atoms with Crippen LogP contribution in [0.5, 0.6) is 0 Å². The Labute approximate surface area is 337 Å². The fourth-order valence-electron chi connectivity index (χ4n) is 8.58. The van der Waals surface area contributed by atoms with Crippen LogP contribution < -0.4 is 10.6 Å². The summed E-state index contributed by atoms with van der Waals surface area (Å²) in [7, 11) is 4.95. The summed E-state index contributed by atoms with van der Waals surface area (Å²) < 4.78 is 49.5. The number of allylic oxidation sites excluding steroid dienone is 2. The van der Waals surface area contributed by atoms with Crippen molar-refractivity contribution in [1.82, 2.24) is 10.6 Å². The standard InChI is InChI=1S/C41H70N2O14/c1-22-19-27(17-18-44)37(57-40-35(47)34(43-8)36(25(4)54-40)56-33-21-41(6,49)39(48)26(5)53-33)38(50-9)29(45)20-31(46)51-23(2)13-11-10-12-14-30(22)55-32-16-15-28(42-7)24(3)52-32/h10-12,14,18,22-30,32-40,42-43,45,47-49H,13,15-17,19-21H2,1-9H3/b11-10+,14-12+/t22-,23-,24-,25-,26+,27+,28+,29-,30+,32+,33+,34-,35-,36-,37+,38+,39+,40+,41-/m1/s1. The van der Waals surface area contributed by atoms with Crippen LogP contribution in [0.4, 0.5) is 0 Å². The predicted molar refractivity (Wildman–Crippen MR) is 208 cm³/mol. The molecule has 19 atom stereocenters. The van der Waals surface area contributed by atoms with E-state index >= 15 is 0 Å². The van der Waals surface area contributed by atoms with Gasteiger partial charge in [0.2, 0.25) is 0 Å². The van der Waals surface area contributed by atoms with Gasteiger partial charge in [-0.1, -0.05) is 31.2 Å². The summed E-state index contributed by atoms with van der Waals surface area (Å²) in [6.07, 6.45) is -1.70. The number of aliphatic hydroxyl groups excluding tert-OH is 3. The first-order valence-electron chi connectivity index (χ1n) is 20.6. The first-order chi connectivity index (χ1) is 27.0. The second-order valence-electron chi connectivity index (χ2n) is 16.5. The molecule has 16 heteroatoms. The number of nitrogens with one attached hydrogen (secondary N) is 2. The minimum atomic E-state index is -1.47.